The number of amides is 1. The van der Waals surface area contributed by atoms with Crippen LogP contribution in [0.4, 0.5) is 0 Å². The van der Waals surface area contributed by atoms with Crippen molar-refractivity contribution in [1.82, 2.24) is 5.32 Å². The van der Waals surface area contributed by atoms with Gasteiger partial charge in [0.15, 0.2) is 0 Å². The zero-order valence-electron chi connectivity index (χ0n) is 25.9. The lowest BCUT2D eigenvalue weighted by molar-refractivity contribution is -0.123. The summed E-state index contributed by atoms with van der Waals surface area (Å²) in [6, 6.07) is -0.639. The van der Waals surface area contributed by atoms with E-state index in [0.29, 0.717) is 6.42 Å². The number of rotatable bonds is 29. The van der Waals surface area contributed by atoms with Gasteiger partial charge in [0.2, 0.25) is 5.91 Å². The van der Waals surface area contributed by atoms with Crippen molar-refractivity contribution in [2.75, 3.05) is 6.61 Å². The zero-order valence-corrected chi connectivity index (χ0v) is 25.9. The third-order valence-electron chi connectivity index (χ3n) is 7.35. The van der Waals surface area contributed by atoms with E-state index in [2.05, 4.69) is 43.5 Å². The topological polar surface area (TPSA) is 69.6 Å². The Hall–Kier alpha value is -1.39. The molecule has 1 amide bonds. The average Bonchev–Trinajstić information content (AvgIpc) is 2.94. The van der Waals surface area contributed by atoms with Gasteiger partial charge in [-0.15, -0.1) is 0 Å². The highest BCUT2D eigenvalue weighted by Crippen LogP contribution is 2.12. The highest BCUT2D eigenvalue weighted by molar-refractivity contribution is 5.76. The Balaban J connectivity index is 3.75. The second kappa shape index (κ2) is 31.1. The maximum absolute atomic E-state index is 12.2. The van der Waals surface area contributed by atoms with Crippen molar-refractivity contribution in [3.05, 3.63) is 36.5 Å². The van der Waals surface area contributed by atoms with E-state index in [9.17, 15) is 15.0 Å². The number of carbonyl (C=O) groups is 1. The highest BCUT2D eigenvalue weighted by atomic mass is 16.3. The van der Waals surface area contributed by atoms with Crippen LogP contribution in [0.2, 0.25) is 0 Å². The van der Waals surface area contributed by atoms with Crippen LogP contribution in [0.1, 0.15) is 162 Å². The maximum Gasteiger partial charge on any atom is 0.220 e. The Kier molecular flexibility index (Phi) is 30.0. The van der Waals surface area contributed by atoms with Crippen LogP contribution in [0, 0.1) is 0 Å². The van der Waals surface area contributed by atoms with E-state index in [-0.39, 0.29) is 12.5 Å². The van der Waals surface area contributed by atoms with Crippen molar-refractivity contribution in [3.63, 3.8) is 0 Å². The second-order valence-corrected chi connectivity index (χ2v) is 11.2. The molecular weight excluding hydrogens is 482 g/mol. The summed E-state index contributed by atoms with van der Waals surface area (Å²) in [5.74, 6) is -0.0829. The van der Waals surface area contributed by atoms with Crippen LogP contribution < -0.4 is 5.32 Å². The molecule has 0 aromatic heterocycles. The molecule has 0 spiro atoms. The van der Waals surface area contributed by atoms with Crippen LogP contribution in [-0.2, 0) is 4.79 Å². The Morgan fingerprint density at radius 1 is 0.590 bits per heavy atom. The minimum absolute atomic E-state index is 0.0829. The minimum atomic E-state index is -0.864. The predicted octanol–water partition coefficient (Wildman–Crippen LogP) is 9.51. The van der Waals surface area contributed by atoms with Gasteiger partial charge in [-0.2, -0.15) is 0 Å². The van der Waals surface area contributed by atoms with Gasteiger partial charge >= 0.3 is 0 Å². The quantitative estimate of drug-likeness (QED) is 0.0645. The molecule has 39 heavy (non-hydrogen) atoms. The molecule has 2 atom stereocenters. The van der Waals surface area contributed by atoms with Crippen molar-refractivity contribution in [2.45, 2.75) is 174 Å². The molecule has 228 valence electrons. The Bertz CT molecular complexity index is 599. The summed E-state index contributed by atoms with van der Waals surface area (Å²) in [4.78, 5) is 12.2. The van der Waals surface area contributed by atoms with E-state index in [1.165, 1.54) is 103 Å². The molecule has 0 heterocycles. The lowest BCUT2D eigenvalue weighted by atomic mass is 10.1. The van der Waals surface area contributed by atoms with Crippen LogP contribution in [0.25, 0.3) is 0 Å². The van der Waals surface area contributed by atoms with Crippen molar-refractivity contribution in [3.8, 4) is 0 Å². The van der Waals surface area contributed by atoms with Gasteiger partial charge in [-0.1, -0.05) is 147 Å². The number of unbranched alkanes of at least 4 members (excludes halogenated alkanes) is 18. The van der Waals surface area contributed by atoms with Crippen LogP contribution in [0.3, 0.4) is 0 Å². The average molecular weight is 548 g/mol. The Morgan fingerprint density at radius 3 is 1.49 bits per heavy atom. The summed E-state index contributed by atoms with van der Waals surface area (Å²) in [5.41, 5.74) is 0. The summed E-state index contributed by atoms with van der Waals surface area (Å²) >= 11 is 0. The molecule has 3 N–H and O–H groups in total. The van der Waals surface area contributed by atoms with Gasteiger partial charge in [0.1, 0.15) is 0 Å². The van der Waals surface area contributed by atoms with E-state index in [1.54, 1.807) is 6.08 Å². The van der Waals surface area contributed by atoms with E-state index >= 15 is 0 Å². The fourth-order valence-electron chi connectivity index (χ4n) is 4.74. The van der Waals surface area contributed by atoms with E-state index in [0.717, 1.165) is 38.5 Å². The number of aliphatic hydroxyl groups excluding tert-OH is 2. The molecule has 0 rings (SSSR count). The molecule has 0 bridgehead atoms. The summed E-state index contributed by atoms with van der Waals surface area (Å²) in [6.07, 6.45) is 39.3. The van der Waals surface area contributed by atoms with Crippen LogP contribution in [-0.4, -0.2) is 34.9 Å². The molecule has 0 saturated heterocycles. The summed E-state index contributed by atoms with van der Waals surface area (Å²) in [6.45, 7) is 4.25. The number of allylic oxidation sites excluding steroid dienone is 5. The molecule has 0 aliphatic carbocycles. The molecule has 0 radical (unpaired) electrons. The monoisotopic (exact) mass is 547 g/mol. The molecule has 4 heteroatoms. The SMILES string of the molecule is CCCCCCCCC/C=C/CC/C=C/CC/C=C/C(O)C(CO)NC(=O)CCCCCCCCCCCC. The largest absolute Gasteiger partial charge is 0.394 e. The summed E-state index contributed by atoms with van der Waals surface area (Å²) in [5, 5.41) is 22.7. The van der Waals surface area contributed by atoms with Crippen LogP contribution in [0.5, 0.6) is 0 Å². The summed E-state index contributed by atoms with van der Waals surface area (Å²) < 4.78 is 0. The maximum atomic E-state index is 12.2. The normalized spacial score (nSPS) is 13.6. The smallest absolute Gasteiger partial charge is 0.220 e. The summed E-state index contributed by atoms with van der Waals surface area (Å²) in [7, 11) is 0. The molecule has 0 aromatic carbocycles. The number of hydrogen-bond acceptors (Lipinski definition) is 3. The molecular formula is C35H65NO3. The van der Waals surface area contributed by atoms with Gasteiger partial charge in [0.05, 0.1) is 18.8 Å². The number of nitrogens with one attached hydrogen (secondary N) is 1. The first kappa shape index (κ1) is 37.6. The fraction of sp³-hybridized carbons (Fsp3) is 0.800. The Labute approximate surface area is 242 Å². The number of carbonyl (C=O) groups excluding carboxylic acids is 1. The first-order valence-corrected chi connectivity index (χ1v) is 16.7. The van der Waals surface area contributed by atoms with Crippen molar-refractivity contribution >= 4 is 5.91 Å². The van der Waals surface area contributed by atoms with Crippen molar-refractivity contribution in [2.24, 2.45) is 0 Å². The molecule has 0 aromatic rings. The van der Waals surface area contributed by atoms with Crippen molar-refractivity contribution < 1.29 is 15.0 Å². The number of aliphatic hydroxyl groups is 2. The van der Waals surface area contributed by atoms with E-state index in [1.807, 2.05) is 6.08 Å². The first-order valence-electron chi connectivity index (χ1n) is 16.7. The van der Waals surface area contributed by atoms with E-state index in [4.69, 9.17) is 0 Å². The standard InChI is InChI=1S/C35H65NO3/c1-3-5-7-9-11-13-15-16-17-18-19-20-21-22-24-26-28-30-34(38)33(32-37)36-35(39)31-29-27-25-23-14-12-10-8-6-4-2/h17-18,21-22,28,30,33-34,37-38H,3-16,19-20,23-27,29,31-32H2,1-2H3,(H,36,39)/b18-17+,22-21+,30-28+. The fourth-order valence-corrected chi connectivity index (χ4v) is 4.74. The lowest BCUT2D eigenvalue weighted by Gasteiger charge is -2.19. The van der Waals surface area contributed by atoms with Gasteiger partial charge in [0.25, 0.3) is 0 Å². The van der Waals surface area contributed by atoms with Gasteiger partial charge < -0.3 is 15.5 Å². The van der Waals surface area contributed by atoms with Crippen molar-refractivity contribution in [1.29, 1.82) is 0 Å². The van der Waals surface area contributed by atoms with Gasteiger partial charge in [-0.3, -0.25) is 4.79 Å². The molecule has 0 aliphatic heterocycles. The minimum Gasteiger partial charge on any atom is -0.394 e. The van der Waals surface area contributed by atoms with E-state index < -0.39 is 12.1 Å². The van der Waals surface area contributed by atoms with Gasteiger partial charge in [0, 0.05) is 6.42 Å². The highest BCUT2D eigenvalue weighted by Gasteiger charge is 2.17. The van der Waals surface area contributed by atoms with Crippen LogP contribution in [0.15, 0.2) is 36.5 Å². The molecule has 0 saturated carbocycles. The van der Waals surface area contributed by atoms with Gasteiger partial charge in [-0.25, -0.2) is 0 Å². The molecule has 2 unspecified atom stereocenters. The number of hydrogen-bond donors (Lipinski definition) is 3. The molecule has 0 aliphatic rings. The third-order valence-corrected chi connectivity index (χ3v) is 7.35. The zero-order chi connectivity index (χ0) is 28.7. The van der Waals surface area contributed by atoms with Crippen LogP contribution >= 0.6 is 0 Å². The molecule has 0 fully saturated rings. The van der Waals surface area contributed by atoms with Gasteiger partial charge in [-0.05, 0) is 44.9 Å². The Morgan fingerprint density at radius 2 is 1.00 bits per heavy atom. The third kappa shape index (κ3) is 28.0. The first-order chi connectivity index (χ1) is 19.2. The second-order valence-electron chi connectivity index (χ2n) is 11.2. The molecule has 4 nitrogen and oxygen atoms in total. The lowest BCUT2D eigenvalue weighted by Crippen LogP contribution is -2.45. The predicted molar refractivity (Wildman–Crippen MR) is 170 cm³/mol.